The monoisotopic (exact) mass is 274 g/mol. The highest BCUT2D eigenvalue weighted by atomic mass is 16.5. The molecule has 6 nitrogen and oxygen atoms in total. The van der Waals surface area contributed by atoms with Gasteiger partial charge in [-0.2, -0.15) is 0 Å². The Bertz CT molecular complexity index is 621. The summed E-state index contributed by atoms with van der Waals surface area (Å²) in [5, 5.41) is 0. The molecule has 1 aromatic heterocycles. The molecule has 0 unspecified atom stereocenters. The highest BCUT2D eigenvalue weighted by Crippen LogP contribution is 2.25. The minimum Gasteiger partial charge on any atom is -0.495 e. The van der Waals surface area contributed by atoms with Gasteiger partial charge in [-0.3, -0.25) is 4.79 Å². The van der Waals surface area contributed by atoms with Gasteiger partial charge in [-0.1, -0.05) is 6.07 Å². The van der Waals surface area contributed by atoms with Crippen molar-refractivity contribution in [2.45, 2.75) is 6.54 Å². The van der Waals surface area contributed by atoms with Crippen LogP contribution in [-0.4, -0.2) is 34.5 Å². The Kier molecular flexibility index (Phi) is 3.93. The van der Waals surface area contributed by atoms with Gasteiger partial charge in [0.1, 0.15) is 11.6 Å². The Morgan fingerprint density at radius 2 is 2.25 bits per heavy atom. The molecular weight excluding hydrogens is 256 g/mol. The number of hydrogen-bond donors (Lipinski definition) is 1. The number of benzene rings is 1. The number of hydrogen-bond acceptors (Lipinski definition) is 4. The summed E-state index contributed by atoms with van der Waals surface area (Å²) in [6.45, 7) is 0.416. The number of ether oxygens (including phenoxy) is 1. The Labute approximate surface area is 117 Å². The fourth-order valence-corrected chi connectivity index (χ4v) is 1.95. The van der Waals surface area contributed by atoms with Gasteiger partial charge in [0.2, 0.25) is 0 Å². The first-order chi connectivity index (χ1) is 9.54. The third-order valence-corrected chi connectivity index (χ3v) is 3.16. The quantitative estimate of drug-likeness (QED) is 0.852. The molecule has 106 valence electrons. The van der Waals surface area contributed by atoms with Crippen molar-refractivity contribution in [1.29, 1.82) is 0 Å². The Balaban J connectivity index is 2.21. The Morgan fingerprint density at radius 3 is 2.85 bits per heavy atom. The largest absolute Gasteiger partial charge is 0.495 e. The first kappa shape index (κ1) is 13.9. The molecular formula is C14H18N4O2. The molecule has 0 bridgehead atoms. The number of nitrogens with two attached hydrogens (primary N) is 1. The van der Waals surface area contributed by atoms with Crippen molar-refractivity contribution in [3.05, 3.63) is 42.0 Å². The number of rotatable bonds is 4. The number of nitrogens with zero attached hydrogens (tertiary/aromatic N) is 3. The summed E-state index contributed by atoms with van der Waals surface area (Å²) in [6, 6.07) is 5.16. The second-order valence-corrected chi connectivity index (χ2v) is 4.54. The number of aromatic nitrogens is 2. The van der Waals surface area contributed by atoms with Gasteiger partial charge in [0.25, 0.3) is 5.91 Å². The molecule has 2 rings (SSSR count). The van der Waals surface area contributed by atoms with E-state index in [1.54, 1.807) is 36.3 Å². The molecule has 20 heavy (non-hydrogen) atoms. The average molecular weight is 274 g/mol. The van der Waals surface area contributed by atoms with Gasteiger partial charge in [-0.05, 0) is 12.1 Å². The predicted octanol–water partition coefficient (Wildman–Crippen LogP) is 1.28. The van der Waals surface area contributed by atoms with Gasteiger partial charge in [0, 0.05) is 26.5 Å². The normalized spacial score (nSPS) is 10.3. The molecule has 1 aromatic carbocycles. The standard InChI is InChI=1S/C14H18N4O2/c1-17-8-7-16-12(17)9-18(2)14(19)10-5-4-6-11(20-3)13(10)15/h4-8H,9,15H2,1-3H3. The fourth-order valence-electron chi connectivity index (χ4n) is 1.95. The first-order valence-corrected chi connectivity index (χ1v) is 6.18. The maximum absolute atomic E-state index is 12.4. The number of aryl methyl sites for hydroxylation is 1. The van der Waals surface area contributed by atoms with Gasteiger partial charge >= 0.3 is 0 Å². The van der Waals surface area contributed by atoms with E-state index >= 15 is 0 Å². The molecule has 0 spiro atoms. The van der Waals surface area contributed by atoms with Gasteiger partial charge in [-0.15, -0.1) is 0 Å². The van der Waals surface area contributed by atoms with Crippen molar-refractivity contribution in [1.82, 2.24) is 14.5 Å². The maximum atomic E-state index is 12.4. The number of carbonyl (C=O) groups excluding carboxylic acids is 1. The molecule has 2 aromatic rings. The number of anilines is 1. The number of carbonyl (C=O) groups is 1. The van der Waals surface area contributed by atoms with Crippen LogP contribution in [0.3, 0.4) is 0 Å². The van der Waals surface area contributed by atoms with E-state index in [9.17, 15) is 4.79 Å². The second kappa shape index (κ2) is 5.64. The smallest absolute Gasteiger partial charge is 0.256 e. The third-order valence-electron chi connectivity index (χ3n) is 3.16. The van der Waals surface area contributed by atoms with Crippen LogP contribution in [-0.2, 0) is 13.6 Å². The molecule has 0 fully saturated rings. The van der Waals surface area contributed by atoms with E-state index in [1.807, 2.05) is 17.8 Å². The van der Waals surface area contributed by atoms with Crippen molar-refractivity contribution in [3.63, 3.8) is 0 Å². The van der Waals surface area contributed by atoms with Crippen LogP contribution in [0.5, 0.6) is 5.75 Å². The van der Waals surface area contributed by atoms with Crippen LogP contribution >= 0.6 is 0 Å². The van der Waals surface area contributed by atoms with Crippen LogP contribution in [0.1, 0.15) is 16.2 Å². The SMILES string of the molecule is COc1cccc(C(=O)N(C)Cc2nccn2C)c1N. The summed E-state index contributed by atoms with van der Waals surface area (Å²) < 4.78 is 7.00. The number of amides is 1. The van der Waals surface area contributed by atoms with Crippen LogP contribution in [0.4, 0.5) is 5.69 Å². The van der Waals surface area contributed by atoms with E-state index in [2.05, 4.69) is 4.98 Å². The van der Waals surface area contributed by atoms with Crippen LogP contribution in [0.25, 0.3) is 0 Å². The summed E-state index contributed by atoms with van der Waals surface area (Å²) in [5.41, 5.74) is 6.73. The molecule has 0 radical (unpaired) electrons. The molecule has 2 N–H and O–H groups in total. The zero-order valence-electron chi connectivity index (χ0n) is 11.8. The second-order valence-electron chi connectivity index (χ2n) is 4.54. The molecule has 6 heteroatoms. The van der Waals surface area contributed by atoms with E-state index in [0.29, 0.717) is 23.5 Å². The minimum atomic E-state index is -0.163. The topological polar surface area (TPSA) is 73.4 Å². The molecule has 0 aliphatic rings. The van der Waals surface area contributed by atoms with Gasteiger partial charge < -0.3 is 19.9 Å². The third kappa shape index (κ3) is 2.59. The average Bonchev–Trinajstić information content (AvgIpc) is 2.84. The summed E-state index contributed by atoms with van der Waals surface area (Å²) in [4.78, 5) is 18.2. The van der Waals surface area contributed by atoms with Gasteiger partial charge in [0.05, 0.1) is 24.9 Å². The molecule has 0 saturated carbocycles. The first-order valence-electron chi connectivity index (χ1n) is 6.18. The van der Waals surface area contributed by atoms with Crippen molar-refractivity contribution in [2.75, 3.05) is 19.9 Å². The maximum Gasteiger partial charge on any atom is 0.256 e. The number of methoxy groups -OCH3 is 1. The molecule has 0 aliphatic heterocycles. The fraction of sp³-hybridized carbons (Fsp3) is 0.286. The molecule has 0 aliphatic carbocycles. The highest BCUT2D eigenvalue weighted by Gasteiger charge is 2.18. The number of para-hydroxylation sites is 1. The molecule has 0 atom stereocenters. The zero-order valence-corrected chi connectivity index (χ0v) is 11.8. The van der Waals surface area contributed by atoms with E-state index < -0.39 is 0 Å². The lowest BCUT2D eigenvalue weighted by molar-refractivity contribution is 0.0781. The Hall–Kier alpha value is -2.50. The van der Waals surface area contributed by atoms with Gasteiger partial charge in [-0.25, -0.2) is 4.98 Å². The van der Waals surface area contributed by atoms with Crippen molar-refractivity contribution < 1.29 is 9.53 Å². The van der Waals surface area contributed by atoms with Crippen LogP contribution in [0.15, 0.2) is 30.6 Å². The number of imidazole rings is 1. The van der Waals surface area contributed by atoms with E-state index in [-0.39, 0.29) is 5.91 Å². The minimum absolute atomic E-state index is 0.163. The highest BCUT2D eigenvalue weighted by molar-refractivity contribution is 6.00. The summed E-state index contributed by atoms with van der Waals surface area (Å²) >= 11 is 0. The van der Waals surface area contributed by atoms with Crippen LogP contribution in [0, 0.1) is 0 Å². The lowest BCUT2D eigenvalue weighted by Crippen LogP contribution is -2.28. The van der Waals surface area contributed by atoms with Crippen LogP contribution in [0.2, 0.25) is 0 Å². The molecule has 1 heterocycles. The van der Waals surface area contributed by atoms with Crippen molar-refractivity contribution in [3.8, 4) is 5.75 Å². The van der Waals surface area contributed by atoms with Crippen LogP contribution < -0.4 is 10.5 Å². The zero-order chi connectivity index (χ0) is 14.7. The lowest BCUT2D eigenvalue weighted by atomic mass is 10.1. The Morgan fingerprint density at radius 1 is 1.50 bits per heavy atom. The number of nitrogen functional groups attached to an aromatic ring is 1. The molecule has 0 saturated heterocycles. The summed E-state index contributed by atoms with van der Waals surface area (Å²) in [6.07, 6.45) is 3.54. The predicted molar refractivity (Wildman–Crippen MR) is 76.4 cm³/mol. The van der Waals surface area contributed by atoms with Crippen molar-refractivity contribution in [2.24, 2.45) is 7.05 Å². The lowest BCUT2D eigenvalue weighted by Gasteiger charge is -2.18. The van der Waals surface area contributed by atoms with E-state index in [0.717, 1.165) is 5.82 Å². The molecule has 1 amide bonds. The summed E-state index contributed by atoms with van der Waals surface area (Å²) in [7, 11) is 5.13. The van der Waals surface area contributed by atoms with E-state index in [4.69, 9.17) is 10.5 Å². The van der Waals surface area contributed by atoms with Crippen molar-refractivity contribution >= 4 is 11.6 Å². The van der Waals surface area contributed by atoms with Gasteiger partial charge in [0.15, 0.2) is 0 Å². The van der Waals surface area contributed by atoms with E-state index in [1.165, 1.54) is 7.11 Å². The summed E-state index contributed by atoms with van der Waals surface area (Å²) in [5.74, 6) is 1.15.